The summed E-state index contributed by atoms with van der Waals surface area (Å²) in [6.07, 6.45) is 1.47. The van der Waals surface area contributed by atoms with Gasteiger partial charge in [0, 0.05) is 45.2 Å². The number of rotatable bonds is 7. The Morgan fingerprint density at radius 1 is 1.41 bits per heavy atom. The van der Waals surface area contributed by atoms with E-state index in [2.05, 4.69) is 15.5 Å². The number of carbonyl (C=O) groups excluding carboxylic acids is 1. The standard InChI is InChI=1S/C17H26FN3O/c1-14(5-6-15-3-2-4-16(18)13-15)17(22)20-9-12-21-10-7-19-8-11-21/h2-4,13-14,19H,5-12H2,1H3,(H,20,22). The highest BCUT2D eigenvalue weighted by molar-refractivity contribution is 5.78. The molecule has 0 saturated carbocycles. The van der Waals surface area contributed by atoms with Crippen molar-refractivity contribution in [2.75, 3.05) is 39.3 Å². The van der Waals surface area contributed by atoms with Gasteiger partial charge in [0.25, 0.3) is 0 Å². The number of piperazine rings is 1. The molecule has 0 spiro atoms. The van der Waals surface area contributed by atoms with Gasteiger partial charge in [0.1, 0.15) is 5.82 Å². The molecular formula is C17H26FN3O. The Labute approximate surface area is 132 Å². The lowest BCUT2D eigenvalue weighted by Gasteiger charge is -2.27. The van der Waals surface area contributed by atoms with Crippen molar-refractivity contribution in [2.24, 2.45) is 5.92 Å². The Hall–Kier alpha value is -1.46. The Balaban J connectivity index is 1.63. The maximum atomic E-state index is 13.1. The summed E-state index contributed by atoms with van der Waals surface area (Å²) in [5.74, 6) is -0.177. The second-order valence-electron chi connectivity index (χ2n) is 5.95. The summed E-state index contributed by atoms with van der Waals surface area (Å²) in [5, 5.41) is 6.31. The van der Waals surface area contributed by atoms with E-state index < -0.39 is 0 Å². The molecule has 0 aliphatic carbocycles. The molecule has 1 aromatic rings. The summed E-state index contributed by atoms with van der Waals surface area (Å²) in [4.78, 5) is 14.4. The molecule has 2 N–H and O–H groups in total. The summed E-state index contributed by atoms with van der Waals surface area (Å²) in [6.45, 7) is 7.68. The summed E-state index contributed by atoms with van der Waals surface area (Å²) in [5.41, 5.74) is 0.945. The van der Waals surface area contributed by atoms with Crippen molar-refractivity contribution >= 4 is 5.91 Å². The summed E-state index contributed by atoms with van der Waals surface area (Å²) >= 11 is 0. The van der Waals surface area contributed by atoms with Crippen molar-refractivity contribution in [2.45, 2.75) is 19.8 Å². The molecule has 2 rings (SSSR count). The predicted molar refractivity (Wildman–Crippen MR) is 86.2 cm³/mol. The van der Waals surface area contributed by atoms with Crippen LogP contribution in [0.2, 0.25) is 0 Å². The van der Waals surface area contributed by atoms with E-state index in [0.29, 0.717) is 6.54 Å². The fourth-order valence-corrected chi connectivity index (χ4v) is 2.65. The third-order valence-electron chi connectivity index (χ3n) is 4.14. The highest BCUT2D eigenvalue weighted by Gasteiger charge is 2.14. The fourth-order valence-electron chi connectivity index (χ4n) is 2.65. The number of benzene rings is 1. The first-order chi connectivity index (χ1) is 10.6. The molecule has 0 radical (unpaired) electrons. The quantitative estimate of drug-likeness (QED) is 0.801. The largest absolute Gasteiger partial charge is 0.355 e. The van der Waals surface area contributed by atoms with Crippen LogP contribution >= 0.6 is 0 Å². The Kier molecular flexibility index (Phi) is 6.80. The first kappa shape index (κ1) is 16.9. The van der Waals surface area contributed by atoms with Gasteiger partial charge in [-0.2, -0.15) is 0 Å². The number of amides is 1. The average molecular weight is 307 g/mol. The van der Waals surface area contributed by atoms with Gasteiger partial charge >= 0.3 is 0 Å². The second-order valence-corrected chi connectivity index (χ2v) is 5.95. The van der Waals surface area contributed by atoms with Crippen LogP contribution in [0.4, 0.5) is 4.39 Å². The van der Waals surface area contributed by atoms with Crippen LogP contribution in [0, 0.1) is 11.7 Å². The number of aryl methyl sites for hydroxylation is 1. The SMILES string of the molecule is CC(CCc1cccc(F)c1)C(=O)NCCN1CCNCC1. The topological polar surface area (TPSA) is 44.4 Å². The van der Waals surface area contributed by atoms with Crippen LogP contribution < -0.4 is 10.6 Å². The highest BCUT2D eigenvalue weighted by atomic mass is 19.1. The maximum Gasteiger partial charge on any atom is 0.222 e. The molecular weight excluding hydrogens is 281 g/mol. The lowest BCUT2D eigenvalue weighted by molar-refractivity contribution is -0.124. The average Bonchev–Trinajstić information content (AvgIpc) is 2.53. The summed E-state index contributed by atoms with van der Waals surface area (Å²) in [6, 6.07) is 6.59. The van der Waals surface area contributed by atoms with E-state index in [-0.39, 0.29) is 17.6 Å². The zero-order valence-corrected chi connectivity index (χ0v) is 13.3. The molecule has 1 unspecified atom stereocenters. The monoisotopic (exact) mass is 307 g/mol. The van der Waals surface area contributed by atoms with Gasteiger partial charge in [0.15, 0.2) is 0 Å². The van der Waals surface area contributed by atoms with E-state index in [1.807, 2.05) is 13.0 Å². The van der Waals surface area contributed by atoms with Crippen LogP contribution in [-0.4, -0.2) is 50.1 Å². The number of hydrogen-bond acceptors (Lipinski definition) is 3. The molecule has 122 valence electrons. The first-order valence-electron chi connectivity index (χ1n) is 8.10. The molecule has 1 heterocycles. The zero-order chi connectivity index (χ0) is 15.8. The van der Waals surface area contributed by atoms with E-state index in [4.69, 9.17) is 0 Å². The van der Waals surface area contributed by atoms with Crippen LogP contribution in [-0.2, 0) is 11.2 Å². The van der Waals surface area contributed by atoms with Gasteiger partial charge in [0.05, 0.1) is 0 Å². The minimum absolute atomic E-state index is 0.0497. The maximum absolute atomic E-state index is 13.1. The van der Waals surface area contributed by atoms with E-state index in [1.165, 1.54) is 12.1 Å². The van der Waals surface area contributed by atoms with Crippen LogP contribution in [0.3, 0.4) is 0 Å². The summed E-state index contributed by atoms with van der Waals surface area (Å²) < 4.78 is 13.1. The van der Waals surface area contributed by atoms with Crippen LogP contribution in [0.5, 0.6) is 0 Å². The minimum atomic E-state index is -0.217. The number of nitrogens with zero attached hydrogens (tertiary/aromatic N) is 1. The Morgan fingerprint density at radius 2 is 2.18 bits per heavy atom. The first-order valence-corrected chi connectivity index (χ1v) is 8.10. The third-order valence-corrected chi connectivity index (χ3v) is 4.14. The molecule has 4 nitrogen and oxygen atoms in total. The van der Waals surface area contributed by atoms with Crippen LogP contribution in [0.25, 0.3) is 0 Å². The van der Waals surface area contributed by atoms with Crippen molar-refractivity contribution in [1.29, 1.82) is 0 Å². The smallest absolute Gasteiger partial charge is 0.222 e. The van der Waals surface area contributed by atoms with Crippen molar-refractivity contribution in [3.63, 3.8) is 0 Å². The second kappa shape index (κ2) is 8.86. The van der Waals surface area contributed by atoms with Crippen LogP contribution in [0.15, 0.2) is 24.3 Å². The van der Waals surface area contributed by atoms with Gasteiger partial charge in [-0.15, -0.1) is 0 Å². The number of carbonyl (C=O) groups is 1. The van der Waals surface area contributed by atoms with Crippen LogP contribution in [0.1, 0.15) is 18.9 Å². The predicted octanol–water partition coefficient (Wildman–Crippen LogP) is 1.42. The van der Waals surface area contributed by atoms with Crippen molar-refractivity contribution in [1.82, 2.24) is 15.5 Å². The molecule has 22 heavy (non-hydrogen) atoms. The van der Waals surface area contributed by atoms with Gasteiger partial charge in [-0.1, -0.05) is 19.1 Å². The normalized spacial score (nSPS) is 17.2. The molecule has 1 aromatic carbocycles. The lowest BCUT2D eigenvalue weighted by Crippen LogP contribution is -2.46. The minimum Gasteiger partial charge on any atom is -0.355 e. The fraction of sp³-hybridized carbons (Fsp3) is 0.588. The Morgan fingerprint density at radius 3 is 2.91 bits per heavy atom. The van der Waals surface area contributed by atoms with E-state index >= 15 is 0 Å². The molecule has 5 heteroatoms. The number of halogens is 1. The summed E-state index contributed by atoms with van der Waals surface area (Å²) in [7, 11) is 0. The zero-order valence-electron chi connectivity index (χ0n) is 13.3. The number of nitrogens with one attached hydrogen (secondary N) is 2. The third kappa shape index (κ3) is 5.73. The van der Waals surface area contributed by atoms with Gasteiger partial charge < -0.3 is 10.6 Å². The molecule has 1 fully saturated rings. The molecule has 1 aliphatic heterocycles. The van der Waals surface area contributed by atoms with Gasteiger partial charge in [-0.3, -0.25) is 9.69 Å². The number of hydrogen-bond donors (Lipinski definition) is 2. The van der Waals surface area contributed by atoms with Crippen molar-refractivity contribution in [3.05, 3.63) is 35.6 Å². The van der Waals surface area contributed by atoms with Gasteiger partial charge in [-0.05, 0) is 30.5 Å². The van der Waals surface area contributed by atoms with Gasteiger partial charge in [-0.25, -0.2) is 4.39 Å². The lowest BCUT2D eigenvalue weighted by atomic mass is 10.0. The molecule has 0 bridgehead atoms. The molecule has 1 atom stereocenters. The van der Waals surface area contributed by atoms with E-state index in [0.717, 1.165) is 51.1 Å². The molecule has 1 aliphatic rings. The van der Waals surface area contributed by atoms with Crippen molar-refractivity contribution in [3.8, 4) is 0 Å². The molecule has 0 aromatic heterocycles. The molecule has 1 saturated heterocycles. The van der Waals surface area contributed by atoms with E-state index in [9.17, 15) is 9.18 Å². The highest BCUT2D eigenvalue weighted by Crippen LogP contribution is 2.11. The Bertz CT molecular complexity index is 475. The van der Waals surface area contributed by atoms with Crippen molar-refractivity contribution < 1.29 is 9.18 Å². The molecule has 1 amide bonds. The van der Waals surface area contributed by atoms with Gasteiger partial charge in [0.2, 0.25) is 5.91 Å². The van der Waals surface area contributed by atoms with E-state index in [1.54, 1.807) is 6.07 Å².